The molecule has 2 heterocycles. The number of carbonyl (C=O) groups is 1. The summed E-state index contributed by atoms with van der Waals surface area (Å²) < 4.78 is 30.9. The van der Waals surface area contributed by atoms with Crippen molar-refractivity contribution in [2.45, 2.75) is 58.4 Å². The normalized spacial score (nSPS) is 16.0. The Kier molecular flexibility index (Phi) is 8.96. The van der Waals surface area contributed by atoms with Crippen LogP contribution in [-0.2, 0) is 26.8 Å². The Morgan fingerprint density at radius 3 is 2.06 bits per heavy atom. The van der Waals surface area contributed by atoms with Crippen molar-refractivity contribution in [3.63, 3.8) is 0 Å². The lowest BCUT2D eigenvalue weighted by Crippen LogP contribution is -2.35. The second-order valence-electron chi connectivity index (χ2n) is 12.8. The first-order chi connectivity index (χ1) is 22.3. The van der Waals surface area contributed by atoms with Gasteiger partial charge in [0.1, 0.15) is 11.9 Å². The number of nitrogens with one attached hydrogen (secondary N) is 1. The summed E-state index contributed by atoms with van der Waals surface area (Å²) in [5.74, 6) is 0.265. The van der Waals surface area contributed by atoms with Crippen LogP contribution in [0.2, 0.25) is 10.0 Å². The summed E-state index contributed by atoms with van der Waals surface area (Å²) >= 11 is 12.8. The molecule has 1 fully saturated rings. The van der Waals surface area contributed by atoms with E-state index in [2.05, 4.69) is 74.0 Å². The molecule has 1 amide bonds. The SMILES string of the molecule is CCC[C@H]1C(=O)NS(=O)(=O)N1c1ccc(-n2cc(-c3ccc(Cl)cc3Cl)nc2Cc2ccc(-c3ccc(C(C)(C)C)cc3)cc2)cc1. The maximum atomic E-state index is 12.8. The van der Waals surface area contributed by atoms with E-state index in [-0.39, 0.29) is 5.41 Å². The number of nitrogens with zero attached hydrogens (tertiary/aromatic N) is 3. The van der Waals surface area contributed by atoms with Crippen molar-refractivity contribution >= 4 is 45.0 Å². The number of aromatic nitrogens is 2. The largest absolute Gasteiger partial charge is 0.326 e. The van der Waals surface area contributed by atoms with Crippen LogP contribution in [0.15, 0.2) is 97.2 Å². The first-order valence-corrected chi connectivity index (χ1v) is 17.7. The van der Waals surface area contributed by atoms with Crippen LogP contribution in [0.5, 0.6) is 0 Å². The van der Waals surface area contributed by atoms with Gasteiger partial charge in [0.2, 0.25) is 0 Å². The molecule has 0 unspecified atom stereocenters. The third-order valence-electron chi connectivity index (χ3n) is 8.41. The first-order valence-electron chi connectivity index (χ1n) is 15.5. The maximum absolute atomic E-state index is 12.8. The molecule has 5 aromatic rings. The van der Waals surface area contributed by atoms with Crippen molar-refractivity contribution in [3.8, 4) is 28.1 Å². The Morgan fingerprint density at radius 1 is 0.851 bits per heavy atom. The highest BCUT2D eigenvalue weighted by Crippen LogP contribution is 2.33. The Morgan fingerprint density at radius 2 is 1.47 bits per heavy atom. The molecule has 0 aliphatic carbocycles. The number of amides is 1. The number of benzene rings is 4. The third kappa shape index (κ3) is 6.82. The summed E-state index contributed by atoms with van der Waals surface area (Å²) in [6, 6.07) is 28.8. The zero-order chi connectivity index (χ0) is 33.5. The highest BCUT2D eigenvalue weighted by Gasteiger charge is 2.43. The van der Waals surface area contributed by atoms with E-state index in [0.717, 1.165) is 33.8 Å². The van der Waals surface area contributed by atoms with E-state index < -0.39 is 22.2 Å². The molecule has 242 valence electrons. The Balaban J connectivity index is 1.33. The van der Waals surface area contributed by atoms with Gasteiger partial charge in [-0.3, -0.25) is 4.79 Å². The lowest BCUT2D eigenvalue weighted by atomic mass is 9.86. The van der Waals surface area contributed by atoms with E-state index in [0.29, 0.717) is 40.7 Å². The number of carbonyl (C=O) groups excluding carboxylic acids is 1. The van der Waals surface area contributed by atoms with Gasteiger partial charge in [0.15, 0.2) is 0 Å². The summed E-state index contributed by atoms with van der Waals surface area (Å²) in [7, 11) is -3.97. The summed E-state index contributed by atoms with van der Waals surface area (Å²) in [6.07, 6.45) is 3.54. The van der Waals surface area contributed by atoms with Gasteiger partial charge in [-0.25, -0.2) is 14.0 Å². The predicted octanol–water partition coefficient (Wildman–Crippen LogP) is 8.75. The molecular formula is C37H36Cl2N4O3S. The molecule has 6 rings (SSSR count). The van der Waals surface area contributed by atoms with Gasteiger partial charge in [0.05, 0.1) is 16.4 Å². The van der Waals surface area contributed by atoms with E-state index in [1.165, 1.54) is 9.87 Å². The lowest BCUT2D eigenvalue weighted by molar-refractivity contribution is -0.119. The van der Waals surface area contributed by atoms with Crippen LogP contribution in [0.1, 0.15) is 57.5 Å². The molecule has 1 saturated heterocycles. The first kappa shape index (κ1) is 32.8. The van der Waals surface area contributed by atoms with E-state index in [4.69, 9.17) is 28.2 Å². The minimum atomic E-state index is -3.97. The van der Waals surface area contributed by atoms with Crippen molar-refractivity contribution in [1.29, 1.82) is 0 Å². The second kappa shape index (κ2) is 12.8. The highest BCUT2D eigenvalue weighted by atomic mass is 35.5. The van der Waals surface area contributed by atoms with Crippen molar-refractivity contribution in [2.75, 3.05) is 4.31 Å². The van der Waals surface area contributed by atoms with Crippen molar-refractivity contribution < 1.29 is 13.2 Å². The molecular weight excluding hydrogens is 651 g/mol. The average molecular weight is 688 g/mol. The van der Waals surface area contributed by atoms with Crippen LogP contribution in [0, 0.1) is 0 Å². The van der Waals surface area contributed by atoms with Gasteiger partial charge < -0.3 is 4.57 Å². The number of hydrogen-bond donors (Lipinski definition) is 1. The molecule has 0 radical (unpaired) electrons. The Bertz CT molecular complexity index is 2030. The van der Waals surface area contributed by atoms with Crippen LogP contribution >= 0.6 is 23.2 Å². The van der Waals surface area contributed by atoms with Crippen LogP contribution < -0.4 is 9.03 Å². The molecule has 1 aliphatic heterocycles. The fourth-order valence-corrected chi connectivity index (χ4v) is 7.80. The summed E-state index contributed by atoms with van der Waals surface area (Å²) in [4.78, 5) is 17.4. The van der Waals surface area contributed by atoms with Crippen LogP contribution in [-0.4, -0.2) is 29.9 Å². The highest BCUT2D eigenvalue weighted by molar-refractivity contribution is 7.92. The van der Waals surface area contributed by atoms with E-state index in [1.807, 2.05) is 35.9 Å². The van der Waals surface area contributed by atoms with Gasteiger partial charge in [-0.2, -0.15) is 8.42 Å². The van der Waals surface area contributed by atoms with Gasteiger partial charge in [-0.1, -0.05) is 106 Å². The number of imidazole rings is 1. The van der Waals surface area contributed by atoms with Crippen molar-refractivity contribution in [3.05, 3.63) is 124 Å². The van der Waals surface area contributed by atoms with E-state index >= 15 is 0 Å². The molecule has 0 saturated carbocycles. The Hall–Kier alpha value is -4.11. The molecule has 1 aromatic heterocycles. The van der Waals surface area contributed by atoms with Gasteiger partial charge in [-0.15, -0.1) is 0 Å². The van der Waals surface area contributed by atoms with Gasteiger partial charge >= 0.3 is 10.2 Å². The average Bonchev–Trinajstić information content (AvgIpc) is 3.53. The summed E-state index contributed by atoms with van der Waals surface area (Å²) in [5.41, 5.74) is 7.38. The fourth-order valence-electron chi connectivity index (χ4n) is 5.87. The number of anilines is 1. The quantitative estimate of drug-likeness (QED) is 0.177. The third-order valence-corrected chi connectivity index (χ3v) is 10.4. The van der Waals surface area contributed by atoms with Crippen LogP contribution in [0.25, 0.3) is 28.1 Å². The molecule has 10 heteroatoms. The molecule has 4 aromatic carbocycles. The van der Waals surface area contributed by atoms with Crippen LogP contribution in [0.4, 0.5) is 5.69 Å². The predicted molar refractivity (Wildman–Crippen MR) is 191 cm³/mol. The number of hydrogen-bond acceptors (Lipinski definition) is 4. The van der Waals surface area contributed by atoms with E-state index in [1.54, 1.807) is 24.3 Å². The molecule has 1 aliphatic rings. The number of rotatable bonds is 8. The topological polar surface area (TPSA) is 84.3 Å². The van der Waals surface area contributed by atoms with Crippen molar-refractivity contribution in [1.82, 2.24) is 14.3 Å². The molecule has 1 N–H and O–H groups in total. The fraction of sp³-hybridized carbons (Fsp3) is 0.243. The zero-order valence-corrected chi connectivity index (χ0v) is 29.0. The van der Waals surface area contributed by atoms with Crippen LogP contribution in [0.3, 0.4) is 0 Å². The smallest absolute Gasteiger partial charge is 0.303 e. The van der Waals surface area contributed by atoms with Gasteiger partial charge in [0.25, 0.3) is 5.91 Å². The standard InChI is InChI=1S/C37H36Cl2N4O3S/c1-5-6-34-36(44)41-47(45,46)43(34)30-18-16-29(17-19-30)42-23-33(31-20-15-28(38)22-32(31)39)40-35(42)21-24-7-9-25(10-8-24)26-11-13-27(14-12-26)37(2,3)4/h7-20,22-23,34H,5-6,21H2,1-4H3,(H,41,44)/t34-/m0/s1. The summed E-state index contributed by atoms with van der Waals surface area (Å²) in [5, 5.41) is 1.03. The molecule has 0 bridgehead atoms. The Labute approximate surface area is 286 Å². The van der Waals surface area contributed by atoms with Gasteiger partial charge in [-0.05, 0) is 76.6 Å². The summed E-state index contributed by atoms with van der Waals surface area (Å²) in [6.45, 7) is 8.55. The monoisotopic (exact) mass is 686 g/mol. The zero-order valence-electron chi connectivity index (χ0n) is 26.7. The minimum absolute atomic E-state index is 0.0966. The van der Waals surface area contributed by atoms with Gasteiger partial charge in [0, 0.05) is 28.9 Å². The number of halogens is 2. The lowest BCUT2D eigenvalue weighted by Gasteiger charge is -2.22. The molecule has 1 atom stereocenters. The minimum Gasteiger partial charge on any atom is -0.303 e. The molecule has 7 nitrogen and oxygen atoms in total. The molecule has 0 spiro atoms. The maximum Gasteiger partial charge on any atom is 0.326 e. The molecule has 47 heavy (non-hydrogen) atoms. The van der Waals surface area contributed by atoms with Crippen molar-refractivity contribution in [2.24, 2.45) is 0 Å². The second-order valence-corrected chi connectivity index (χ2v) is 15.2. The van der Waals surface area contributed by atoms with E-state index in [9.17, 15) is 13.2 Å².